The second-order valence-electron chi connectivity index (χ2n) is 6.25. The lowest BCUT2D eigenvalue weighted by molar-refractivity contribution is 0.405. The standard InChI is InChI=1S/C19H26N4O2/c1-14-20-18(13-19(21-14)23-10-6-4-5-7-11-23)22-16-12-15(24-2)8-9-17(16)25-3/h8-9,12-13H,4-7,10-11H2,1-3H3,(H,20,21,22). The number of benzene rings is 1. The molecule has 0 aliphatic carbocycles. The number of hydrogen-bond donors (Lipinski definition) is 1. The van der Waals surface area contributed by atoms with Crippen LogP contribution in [0.15, 0.2) is 24.3 Å². The number of hydrogen-bond acceptors (Lipinski definition) is 6. The molecule has 0 saturated carbocycles. The Morgan fingerprint density at radius 2 is 1.72 bits per heavy atom. The van der Waals surface area contributed by atoms with E-state index in [-0.39, 0.29) is 0 Å². The molecule has 1 aliphatic rings. The van der Waals surface area contributed by atoms with Crippen molar-refractivity contribution >= 4 is 17.3 Å². The Morgan fingerprint density at radius 3 is 2.40 bits per heavy atom. The highest BCUT2D eigenvalue weighted by Crippen LogP contribution is 2.32. The van der Waals surface area contributed by atoms with Crippen LogP contribution in [0.2, 0.25) is 0 Å². The van der Waals surface area contributed by atoms with Gasteiger partial charge in [-0.3, -0.25) is 0 Å². The van der Waals surface area contributed by atoms with Gasteiger partial charge in [-0.2, -0.15) is 0 Å². The monoisotopic (exact) mass is 342 g/mol. The second kappa shape index (κ2) is 8.05. The SMILES string of the molecule is COc1ccc(OC)c(Nc2cc(N3CCCCCC3)nc(C)n2)c1. The highest BCUT2D eigenvalue weighted by molar-refractivity contribution is 5.67. The van der Waals surface area contributed by atoms with Crippen molar-refractivity contribution in [3.8, 4) is 11.5 Å². The van der Waals surface area contributed by atoms with E-state index in [4.69, 9.17) is 9.47 Å². The summed E-state index contributed by atoms with van der Waals surface area (Å²) in [6.07, 6.45) is 5.03. The summed E-state index contributed by atoms with van der Waals surface area (Å²) < 4.78 is 10.8. The fraction of sp³-hybridized carbons (Fsp3) is 0.474. The van der Waals surface area contributed by atoms with Gasteiger partial charge in [0.05, 0.1) is 19.9 Å². The molecule has 0 unspecified atom stereocenters. The topological polar surface area (TPSA) is 59.5 Å². The summed E-state index contributed by atoms with van der Waals surface area (Å²) in [4.78, 5) is 11.5. The Balaban J connectivity index is 1.87. The molecule has 6 nitrogen and oxygen atoms in total. The van der Waals surface area contributed by atoms with Gasteiger partial charge in [-0.25, -0.2) is 9.97 Å². The lowest BCUT2D eigenvalue weighted by Crippen LogP contribution is -2.25. The molecule has 0 bridgehead atoms. The average Bonchev–Trinajstić information content (AvgIpc) is 2.90. The quantitative estimate of drug-likeness (QED) is 0.888. The zero-order chi connectivity index (χ0) is 17.6. The Hall–Kier alpha value is -2.50. The van der Waals surface area contributed by atoms with Gasteiger partial charge in [-0.15, -0.1) is 0 Å². The number of methoxy groups -OCH3 is 2. The molecule has 2 heterocycles. The molecule has 0 spiro atoms. The first-order chi connectivity index (χ1) is 12.2. The van der Waals surface area contributed by atoms with Crippen molar-refractivity contribution in [2.75, 3.05) is 37.5 Å². The summed E-state index contributed by atoms with van der Waals surface area (Å²) in [7, 11) is 3.30. The van der Waals surface area contributed by atoms with Crippen molar-refractivity contribution in [2.24, 2.45) is 0 Å². The molecule has 1 N–H and O–H groups in total. The molecule has 134 valence electrons. The number of aryl methyl sites for hydroxylation is 1. The summed E-state index contributed by atoms with van der Waals surface area (Å²) in [6, 6.07) is 7.67. The molecule has 0 amide bonds. The van der Waals surface area contributed by atoms with Crippen LogP contribution in [0.25, 0.3) is 0 Å². The molecule has 1 aliphatic heterocycles. The van der Waals surface area contributed by atoms with Crippen LogP contribution >= 0.6 is 0 Å². The molecule has 0 radical (unpaired) electrons. The molecular formula is C19H26N4O2. The van der Waals surface area contributed by atoms with Gasteiger partial charge < -0.3 is 19.7 Å². The third kappa shape index (κ3) is 4.32. The highest BCUT2D eigenvalue weighted by Gasteiger charge is 2.14. The molecule has 2 aromatic rings. The number of rotatable bonds is 5. The first kappa shape index (κ1) is 17.3. The summed E-state index contributed by atoms with van der Waals surface area (Å²) in [5.41, 5.74) is 0.821. The zero-order valence-corrected chi connectivity index (χ0v) is 15.2. The number of nitrogens with one attached hydrogen (secondary N) is 1. The number of nitrogens with zero attached hydrogens (tertiary/aromatic N) is 3. The molecule has 1 aromatic heterocycles. The third-order valence-electron chi connectivity index (χ3n) is 4.42. The minimum absolute atomic E-state index is 0.744. The second-order valence-corrected chi connectivity index (χ2v) is 6.25. The van der Waals surface area contributed by atoms with Gasteiger partial charge in [0.25, 0.3) is 0 Å². The smallest absolute Gasteiger partial charge is 0.142 e. The third-order valence-corrected chi connectivity index (χ3v) is 4.42. The predicted octanol–water partition coefficient (Wildman–Crippen LogP) is 3.93. The Kier molecular flexibility index (Phi) is 5.58. The largest absolute Gasteiger partial charge is 0.497 e. The first-order valence-electron chi connectivity index (χ1n) is 8.79. The fourth-order valence-corrected chi connectivity index (χ4v) is 3.13. The summed E-state index contributed by atoms with van der Waals surface area (Å²) in [5, 5.41) is 3.35. The maximum absolute atomic E-state index is 5.44. The fourth-order valence-electron chi connectivity index (χ4n) is 3.13. The summed E-state index contributed by atoms with van der Waals surface area (Å²) in [6.45, 7) is 4.03. The Morgan fingerprint density at radius 1 is 0.960 bits per heavy atom. The molecule has 1 fully saturated rings. The van der Waals surface area contributed by atoms with Gasteiger partial charge in [0.2, 0.25) is 0 Å². The van der Waals surface area contributed by atoms with Crippen molar-refractivity contribution in [1.29, 1.82) is 0 Å². The van der Waals surface area contributed by atoms with Gasteiger partial charge >= 0.3 is 0 Å². The van der Waals surface area contributed by atoms with Crippen molar-refractivity contribution < 1.29 is 9.47 Å². The lowest BCUT2D eigenvalue weighted by Gasteiger charge is -2.22. The minimum Gasteiger partial charge on any atom is -0.497 e. The maximum Gasteiger partial charge on any atom is 0.142 e. The molecule has 0 atom stereocenters. The van der Waals surface area contributed by atoms with Gasteiger partial charge in [0, 0.05) is 25.2 Å². The number of aromatic nitrogens is 2. The van der Waals surface area contributed by atoms with Gasteiger partial charge in [-0.05, 0) is 31.9 Å². The van der Waals surface area contributed by atoms with Crippen LogP contribution in [0.5, 0.6) is 11.5 Å². The van der Waals surface area contributed by atoms with Crippen LogP contribution in [0.4, 0.5) is 17.3 Å². The molecule has 1 aromatic carbocycles. The van der Waals surface area contributed by atoms with Gasteiger partial charge in [0.15, 0.2) is 0 Å². The lowest BCUT2D eigenvalue weighted by atomic mass is 10.2. The van der Waals surface area contributed by atoms with Gasteiger partial charge in [0.1, 0.15) is 29.0 Å². The zero-order valence-electron chi connectivity index (χ0n) is 15.2. The average molecular weight is 342 g/mol. The van der Waals surface area contributed by atoms with E-state index in [2.05, 4.69) is 20.2 Å². The van der Waals surface area contributed by atoms with E-state index in [1.807, 2.05) is 31.2 Å². The number of anilines is 3. The van der Waals surface area contributed by atoms with E-state index >= 15 is 0 Å². The number of ether oxygens (including phenoxy) is 2. The Labute approximate surface area is 149 Å². The van der Waals surface area contributed by atoms with Crippen molar-refractivity contribution in [2.45, 2.75) is 32.6 Å². The molecule has 25 heavy (non-hydrogen) atoms. The van der Waals surface area contributed by atoms with E-state index in [9.17, 15) is 0 Å². The summed E-state index contributed by atoms with van der Waals surface area (Å²) in [5.74, 6) is 4.01. The van der Waals surface area contributed by atoms with E-state index in [0.29, 0.717) is 0 Å². The van der Waals surface area contributed by atoms with Crippen LogP contribution < -0.4 is 19.7 Å². The highest BCUT2D eigenvalue weighted by atomic mass is 16.5. The first-order valence-corrected chi connectivity index (χ1v) is 8.79. The predicted molar refractivity (Wildman–Crippen MR) is 100 cm³/mol. The summed E-state index contributed by atoms with van der Waals surface area (Å²) >= 11 is 0. The van der Waals surface area contributed by atoms with Crippen LogP contribution in [-0.4, -0.2) is 37.3 Å². The molecule has 1 saturated heterocycles. The molecule has 6 heteroatoms. The van der Waals surface area contributed by atoms with Crippen LogP contribution in [0, 0.1) is 6.92 Å². The molecular weight excluding hydrogens is 316 g/mol. The van der Waals surface area contributed by atoms with Gasteiger partial charge in [-0.1, -0.05) is 12.8 Å². The molecule has 3 rings (SSSR count). The van der Waals surface area contributed by atoms with Crippen LogP contribution in [0.1, 0.15) is 31.5 Å². The van der Waals surface area contributed by atoms with E-state index in [0.717, 1.165) is 47.7 Å². The van der Waals surface area contributed by atoms with E-state index < -0.39 is 0 Å². The van der Waals surface area contributed by atoms with E-state index in [1.54, 1.807) is 14.2 Å². The normalized spacial score (nSPS) is 14.8. The Bertz CT molecular complexity index is 713. The van der Waals surface area contributed by atoms with E-state index in [1.165, 1.54) is 25.7 Å². The van der Waals surface area contributed by atoms with Crippen LogP contribution in [-0.2, 0) is 0 Å². The van der Waals surface area contributed by atoms with Crippen molar-refractivity contribution in [1.82, 2.24) is 9.97 Å². The maximum atomic E-state index is 5.44. The van der Waals surface area contributed by atoms with Crippen molar-refractivity contribution in [3.63, 3.8) is 0 Å². The van der Waals surface area contributed by atoms with Crippen molar-refractivity contribution in [3.05, 3.63) is 30.1 Å². The minimum atomic E-state index is 0.744. The van der Waals surface area contributed by atoms with Crippen LogP contribution in [0.3, 0.4) is 0 Å².